The van der Waals surface area contributed by atoms with Crippen molar-refractivity contribution in [1.29, 1.82) is 0 Å². The lowest BCUT2D eigenvalue weighted by Crippen LogP contribution is -2.06. The molecule has 6 nitrogen and oxygen atoms in total. The van der Waals surface area contributed by atoms with E-state index in [0.29, 0.717) is 28.4 Å². The minimum atomic E-state index is -4.72. The number of ether oxygens (including phenoxy) is 2. The number of nitro groups is 1. The van der Waals surface area contributed by atoms with E-state index in [9.17, 15) is 23.3 Å². The van der Waals surface area contributed by atoms with E-state index in [0.717, 1.165) is 11.6 Å². The highest BCUT2D eigenvalue weighted by atomic mass is 35.5. The van der Waals surface area contributed by atoms with Gasteiger partial charge < -0.3 is 9.47 Å². The molecule has 0 saturated carbocycles. The molecule has 0 aliphatic rings. The summed E-state index contributed by atoms with van der Waals surface area (Å²) in [6.45, 7) is 1.84. The summed E-state index contributed by atoms with van der Waals surface area (Å²) in [6.07, 6.45) is -3.14. The predicted octanol–water partition coefficient (Wildman–Crippen LogP) is 7.13. The van der Waals surface area contributed by atoms with Crippen LogP contribution in [-0.2, 0) is 6.18 Å². The molecule has 3 aromatic carbocycles. The second kappa shape index (κ2) is 9.27. The summed E-state index contributed by atoms with van der Waals surface area (Å²) in [7, 11) is 1.37. The topological polar surface area (TPSA) is 74.0 Å². The molecule has 10 heteroatoms. The standard InChI is InChI=1S/C22H16ClF3N2O4/c1-13-16(23)4-3-5-17(13)27-12-14-6-8-20(21(10-14)31-2)32-19-9-7-15(22(24,25)26)11-18(19)28(29)30/h3-12H,1-2H3. The van der Waals surface area contributed by atoms with Crippen LogP contribution in [0.25, 0.3) is 0 Å². The number of hydrogen-bond acceptors (Lipinski definition) is 5. The van der Waals surface area contributed by atoms with Gasteiger partial charge in [-0.1, -0.05) is 17.7 Å². The molecule has 0 heterocycles. The number of halogens is 4. The van der Waals surface area contributed by atoms with Crippen molar-refractivity contribution < 1.29 is 27.6 Å². The van der Waals surface area contributed by atoms with Crippen molar-refractivity contribution in [2.45, 2.75) is 13.1 Å². The Balaban J connectivity index is 1.91. The van der Waals surface area contributed by atoms with Gasteiger partial charge in [0.2, 0.25) is 5.75 Å². The highest BCUT2D eigenvalue weighted by Gasteiger charge is 2.33. The molecule has 0 unspecified atom stereocenters. The largest absolute Gasteiger partial charge is 0.493 e. The molecule has 0 atom stereocenters. The van der Waals surface area contributed by atoms with E-state index in [4.69, 9.17) is 21.1 Å². The van der Waals surface area contributed by atoms with Crippen molar-refractivity contribution in [2.75, 3.05) is 7.11 Å². The van der Waals surface area contributed by atoms with Crippen LogP contribution >= 0.6 is 11.6 Å². The molecule has 0 N–H and O–H groups in total. The van der Waals surface area contributed by atoms with Crippen LogP contribution in [0.4, 0.5) is 24.5 Å². The van der Waals surface area contributed by atoms with Crippen LogP contribution in [0.2, 0.25) is 5.02 Å². The minimum absolute atomic E-state index is 0.0893. The maximum absolute atomic E-state index is 12.9. The Kier molecular flexibility index (Phi) is 6.69. The van der Waals surface area contributed by atoms with Gasteiger partial charge in [0.25, 0.3) is 0 Å². The van der Waals surface area contributed by atoms with Crippen LogP contribution in [0, 0.1) is 17.0 Å². The van der Waals surface area contributed by atoms with Crippen LogP contribution < -0.4 is 9.47 Å². The highest BCUT2D eigenvalue weighted by molar-refractivity contribution is 6.31. The highest BCUT2D eigenvalue weighted by Crippen LogP contribution is 2.40. The van der Waals surface area contributed by atoms with E-state index in [2.05, 4.69) is 4.99 Å². The lowest BCUT2D eigenvalue weighted by molar-refractivity contribution is -0.385. The van der Waals surface area contributed by atoms with Crippen LogP contribution in [0.3, 0.4) is 0 Å². The van der Waals surface area contributed by atoms with E-state index in [1.165, 1.54) is 13.2 Å². The molecular formula is C22H16ClF3N2O4. The molecule has 0 saturated heterocycles. The fourth-order valence-corrected chi connectivity index (χ4v) is 2.94. The van der Waals surface area contributed by atoms with Crippen LogP contribution in [0.15, 0.2) is 59.6 Å². The number of nitro benzene ring substituents is 1. The van der Waals surface area contributed by atoms with Gasteiger partial charge in [0.05, 0.1) is 23.3 Å². The van der Waals surface area contributed by atoms with E-state index in [1.54, 1.807) is 36.5 Å². The molecule has 0 aliphatic carbocycles. The van der Waals surface area contributed by atoms with Crippen molar-refractivity contribution in [3.63, 3.8) is 0 Å². The SMILES string of the molecule is COc1cc(C=Nc2cccc(Cl)c2C)ccc1Oc1ccc(C(F)(F)F)cc1[N+](=O)[O-]. The zero-order valence-electron chi connectivity index (χ0n) is 16.8. The molecule has 0 spiro atoms. The zero-order chi connectivity index (χ0) is 23.5. The fourth-order valence-electron chi connectivity index (χ4n) is 2.77. The Hall–Kier alpha value is -3.59. The molecular weight excluding hydrogens is 449 g/mol. The van der Waals surface area contributed by atoms with Crippen molar-refractivity contribution in [3.8, 4) is 17.2 Å². The van der Waals surface area contributed by atoms with Gasteiger partial charge in [-0.05, 0) is 60.5 Å². The molecule has 0 bridgehead atoms. The number of nitrogens with zero attached hydrogens (tertiary/aromatic N) is 2. The number of aliphatic imine (C=N–C) groups is 1. The molecule has 32 heavy (non-hydrogen) atoms. The first kappa shape index (κ1) is 23.1. The molecule has 3 aromatic rings. The van der Waals surface area contributed by atoms with Gasteiger partial charge >= 0.3 is 11.9 Å². The second-order valence-corrected chi connectivity index (χ2v) is 7.00. The second-order valence-electron chi connectivity index (χ2n) is 6.59. The van der Waals surface area contributed by atoms with E-state index >= 15 is 0 Å². The Morgan fingerprint density at radius 2 is 1.78 bits per heavy atom. The molecule has 166 valence electrons. The molecule has 0 fully saturated rings. The third-order valence-corrected chi connectivity index (χ3v) is 4.89. The quantitative estimate of drug-likeness (QED) is 0.221. The Labute approximate surface area is 186 Å². The monoisotopic (exact) mass is 464 g/mol. The van der Waals surface area contributed by atoms with Crippen molar-refractivity contribution in [2.24, 2.45) is 4.99 Å². The summed E-state index contributed by atoms with van der Waals surface area (Å²) in [5, 5.41) is 11.9. The third kappa shape index (κ3) is 5.17. The summed E-state index contributed by atoms with van der Waals surface area (Å²) in [4.78, 5) is 14.7. The maximum atomic E-state index is 12.9. The fraction of sp³-hybridized carbons (Fsp3) is 0.136. The summed E-state index contributed by atoms with van der Waals surface area (Å²) < 4.78 is 49.5. The summed E-state index contributed by atoms with van der Waals surface area (Å²) >= 11 is 6.09. The summed E-state index contributed by atoms with van der Waals surface area (Å²) in [5.41, 5.74) is 0.162. The Morgan fingerprint density at radius 1 is 1.06 bits per heavy atom. The van der Waals surface area contributed by atoms with Gasteiger partial charge in [0.15, 0.2) is 11.5 Å². The predicted molar refractivity (Wildman–Crippen MR) is 115 cm³/mol. The first-order chi connectivity index (χ1) is 15.1. The maximum Gasteiger partial charge on any atom is 0.416 e. The molecule has 0 radical (unpaired) electrons. The van der Waals surface area contributed by atoms with Gasteiger partial charge in [0, 0.05) is 17.3 Å². The van der Waals surface area contributed by atoms with Gasteiger partial charge in [-0.2, -0.15) is 13.2 Å². The lowest BCUT2D eigenvalue weighted by Gasteiger charge is -2.12. The van der Waals surface area contributed by atoms with E-state index in [-0.39, 0.29) is 17.2 Å². The van der Waals surface area contributed by atoms with Gasteiger partial charge in [-0.25, -0.2) is 0 Å². The molecule has 0 aromatic heterocycles. The summed E-state index contributed by atoms with van der Waals surface area (Å²) in [5.74, 6) is -0.0466. The average molecular weight is 465 g/mol. The van der Waals surface area contributed by atoms with E-state index < -0.39 is 22.4 Å². The zero-order valence-corrected chi connectivity index (χ0v) is 17.6. The summed E-state index contributed by atoms with van der Waals surface area (Å²) in [6, 6.07) is 12.0. The number of hydrogen-bond donors (Lipinski definition) is 0. The van der Waals surface area contributed by atoms with Crippen LogP contribution in [0.5, 0.6) is 17.2 Å². The smallest absolute Gasteiger partial charge is 0.416 e. The van der Waals surface area contributed by atoms with E-state index in [1.807, 2.05) is 6.92 Å². The van der Waals surface area contributed by atoms with Gasteiger partial charge in [-0.15, -0.1) is 0 Å². The number of methoxy groups -OCH3 is 1. The Bertz CT molecular complexity index is 1200. The number of rotatable bonds is 6. The van der Waals surface area contributed by atoms with Gasteiger partial charge in [-0.3, -0.25) is 15.1 Å². The van der Waals surface area contributed by atoms with Crippen molar-refractivity contribution in [1.82, 2.24) is 0 Å². The van der Waals surface area contributed by atoms with Gasteiger partial charge in [0.1, 0.15) is 0 Å². The first-order valence-corrected chi connectivity index (χ1v) is 9.48. The van der Waals surface area contributed by atoms with Crippen LogP contribution in [-0.4, -0.2) is 18.2 Å². The number of benzene rings is 3. The minimum Gasteiger partial charge on any atom is -0.493 e. The molecule has 0 aliphatic heterocycles. The molecule has 3 rings (SSSR count). The normalized spacial score (nSPS) is 11.6. The third-order valence-electron chi connectivity index (χ3n) is 4.48. The van der Waals surface area contributed by atoms with Crippen LogP contribution in [0.1, 0.15) is 16.7 Å². The van der Waals surface area contributed by atoms with Crippen molar-refractivity contribution in [3.05, 3.63) is 86.4 Å². The first-order valence-electron chi connectivity index (χ1n) is 9.11. The average Bonchev–Trinajstić information content (AvgIpc) is 2.74. The number of alkyl halides is 3. The lowest BCUT2D eigenvalue weighted by atomic mass is 10.1. The molecule has 0 amide bonds. The van der Waals surface area contributed by atoms with Crippen molar-refractivity contribution >= 4 is 29.2 Å². The Morgan fingerprint density at radius 3 is 2.44 bits per heavy atom.